The molecule has 0 spiro atoms. The van der Waals surface area contributed by atoms with Crippen molar-refractivity contribution in [2.75, 3.05) is 26.7 Å². The van der Waals surface area contributed by atoms with Crippen molar-refractivity contribution in [3.63, 3.8) is 0 Å². The molecule has 1 aromatic carbocycles. The molecule has 0 saturated carbocycles. The van der Waals surface area contributed by atoms with Gasteiger partial charge in [-0.3, -0.25) is 0 Å². The molecule has 0 unspecified atom stereocenters. The molecule has 0 fully saturated rings. The van der Waals surface area contributed by atoms with Crippen LogP contribution in [0.2, 0.25) is 0 Å². The highest BCUT2D eigenvalue weighted by Crippen LogP contribution is 2.13. The molecule has 0 heterocycles. The van der Waals surface area contributed by atoms with Crippen molar-refractivity contribution in [1.29, 1.82) is 0 Å². The van der Waals surface area contributed by atoms with Crippen LogP contribution >= 0.6 is 0 Å². The minimum Gasteiger partial charge on any atom is -0.492 e. The summed E-state index contributed by atoms with van der Waals surface area (Å²) in [5.74, 6) is 1.66. The first kappa shape index (κ1) is 17.0. The second kappa shape index (κ2) is 8.98. The summed E-state index contributed by atoms with van der Waals surface area (Å²) in [4.78, 5) is 2.31. The standard InChI is InChI=1S/C17H30N2O/c1-14(2)13-19(5)9-10-20-17-8-6-7-16(11-17)12-18-15(3)4/h6-8,11,14-15,18H,9-10,12-13H2,1-5H3. The lowest BCUT2D eigenvalue weighted by Crippen LogP contribution is -2.27. The number of ether oxygens (including phenoxy) is 1. The summed E-state index contributed by atoms with van der Waals surface area (Å²) in [6.07, 6.45) is 0. The average Bonchev–Trinajstić information content (AvgIpc) is 2.36. The molecule has 0 aliphatic heterocycles. The first-order chi connectivity index (χ1) is 9.47. The first-order valence-corrected chi connectivity index (χ1v) is 7.61. The maximum atomic E-state index is 5.84. The fourth-order valence-corrected chi connectivity index (χ4v) is 2.10. The van der Waals surface area contributed by atoms with E-state index in [4.69, 9.17) is 4.74 Å². The number of hydrogen-bond acceptors (Lipinski definition) is 3. The highest BCUT2D eigenvalue weighted by molar-refractivity contribution is 5.28. The highest BCUT2D eigenvalue weighted by atomic mass is 16.5. The molecule has 0 bridgehead atoms. The molecule has 3 heteroatoms. The zero-order valence-electron chi connectivity index (χ0n) is 13.6. The van der Waals surface area contributed by atoms with Crippen molar-refractivity contribution in [2.45, 2.75) is 40.3 Å². The van der Waals surface area contributed by atoms with Gasteiger partial charge in [-0.25, -0.2) is 0 Å². The molecular formula is C17H30N2O. The predicted octanol–water partition coefficient (Wildman–Crippen LogP) is 3.15. The normalized spacial score (nSPS) is 11.6. The summed E-state index contributed by atoms with van der Waals surface area (Å²) >= 11 is 0. The van der Waals surface area contributed by atoms with Gasteiger partial charge in [-0.05, 0) is 30.7 Å². The molecule has 1 N–H and O–H groups in total. The minimum atomic E-state index is 0.504. The Balaban J connectivity index is 2.34. The van der Waals surface area contributed by atoms with Crippen LogP contribution in [0, 0.1) is 5.92 Å². The van der Waals surface area contributed by atoms with Crippen molar-refractivity contribution < 1.29 is 4.74 Å². The number of nitrogens with zero attached hydrogens (tertiary/aromatic N) is 1. The number of hydrogen-bond donors (Lipinski definition) is 1. The molecule has 0 saturated heterocycles. The third kappa shape index (κ3) is 7.51. The van der Waals surface area contributed by atoms with Gasteiger partial charge in [-0.15, -0.1) is 0 Å². The van der Waals surface area contributed by atoms with E-state index in [-0.39, 0.29) is 0 Å². The van der Waals surface area contributed by atoms with Gasteiger partial charge in [0.05, 0.1) is 0 Å². The number of benzene rings is 1. The fourth-order valence-electron chi connectivity index (χ4n) is 2.10. The Morgan fingerprint density at radius 3 is 2.60 bits per heavy atom. The summed E-state index contributed by atoms with van der Waals surface area (Å²) in [6.45, 7) is 12.5. The third-order valence-electron chi connectivity index (χ3n) is 3.03. The Labute approximate surface area is 124 Å². The monoisotopic (exact) mass is 278 g/mol. The van der Waals surface area contributed by atoms with Crippen LogP contribution in [0.5, 0.6) is 5.75 Å². The van der Waals surface area contributed by atoms with E-state index in [1.807, 2.05) is 6.07 Å². The third-order valence-corrected chi connectivity index (χ3v) is 3.03. The Morgan fingerprint density at radius 2 is 1.95 bits per heavy atom. The van der Waals surface area contributed by atoms with Crippen molar-refractivity contribution in [3.8, 4) is 5.75 Å². The maximum absolute atomic E-state index is 5.84. The summed E-state index contributed by atoms with van der Waals surface area (Å²) in [5.41, 5.74) is 1.27. The van der Waals surface area contributed by atoms with Gasteiger partial charge in [0, 0.05) is 25.7 Å². The Kier molecular flexibility index (Phi) is 7.63. The topological polar surface area (TPSA) is 24.5 Å². The van der Waals surface area contributed by atoms with Gasteiger partial charge >= 0.3 is 0 Å². The highest BCUT2D eigenvalue weighted by Gasteiger charge is 2.02. The Morgan fingerprint density at radius 1 is 1.20 bits per heavy atom. The number of likely N-dealkylation sites (N-methyl/N-ethyl adjacent to an activating group) is 1. The van der Waals surface area contributed by atoms with Crippen LogP contribution in [0.4, 0.5) is 0 Å². The van der Waals surface area contributed by atoms with Crippen molar-refractivity contribution >= 4 is 0 Å². The average molecular weight is 278 g/mol. The summed E-state index contributed by atoms with van der Waals surface area (Å²) in [6, 6.07) is 8.85. The molecule has 0 aliphatic rings. The maximum Gasteiger partial charge on any atom is 0.119 e. The predicted molar refractivity (Wildman–Crippen MR) is 86.2 cm³/mol. The molecule has 1 aromatic rings. The molecule has 20 heavy (non-hydrogen) atoms. The molecule has 0 amide bonds. The van der Waals surface area contributed by atoms with Gasteiger partial charge in [0.2, 0.25) is 0 Å². The number of rotatable bonds is 9. The van der Waals surface area contributed by atoms with E-state index in [9.17, 15) is 0 Å². The van der Waals surface area contributed by atoms with Crippen LogP contribution in [0.1, 0.15) is 33.3 Å². The van der Waals surface area contributed by atoms with Crippen LogP contribution in [-0.4, -0.2) is 37.7 Å². The molecular weight excluding hydrogens is 248 g/mol. The summed E-state index contributed by atoms with van der Waals surface area (Å²) in [5, 5.41) is 3.42. The van der Waals surface area contributed by atoms with E-state index >= 15 is 0 Å². The van der Waals surface area contributed by atoms with E-state index in [2.05, 4.69) is 63.2 Å². The largest absolute Gasteiger partial charge is 0.492 e. The van der Waals surface area contributed by atoms with Gasteiger partial charge in [-0.2, -0.15) is 0 Å². The zero-order chi connectivity index (χ0) is 15.0. The van der Waals surface area contributed by atoms with Crippen molar-refractivity contribution in [2.24, 2.45) is 5.92 Å². The van der Waals surface area contributed by atoms with Crippen molar-refractivity contribution in [3.05, 3.63) is 29.8 Å². The molecule has 0 aliphatic carbocycles. The SMILES string of the molecule is CC(C)CN(C)CCOc1cccc(CNC(C)C)c1. The molecule has 0 atom stereocenters. The van der Waals surface area contributed by atoms with Gasteiger partial charge in [0.15, 0.2) is 0 Å². The van der Waals surface area contributed by atoms with Gasteiger partial charge in [0.1, 0.15) is 12.4 Å². The van der Waals surface area contributed by atoms with Crippen LogP contribution in [-0.2, 0) is 6.54 Å². The van der Waals surface area contributed by atoms with Crippen LogP contribution in [0.3, 0.4) is 0 Å². The van der Waals surface area contributed by atoms with Gasteiger partial charge in [-0.1, -0.05) is 39.8 Å². The molecule has 0 aromatic heterocycles. The lowest BCUT2D eigenvalue weighted by Gasteiger charge is -2.19. The lowest BCUT2D eigenvalue weighted by molar-refractivity contribution is 0.222. The van der Waals surface area contributed by atoms with Crippen molar-refractivity contribution in [1.82, 2.24) is 10.2 Å². The Bertz CT molecular complexity index is 377. The lowest BCUT2D eigenvalue weighted by atomic mass is 10.2. The fraction of sp³-hybridized carbons (Fsp3) is 0.647. The number of nitrogens with one attached hydrogen (secondary N) is 1. The van der Waals surface area contributed by atoms with Gasteiger partial charge in [0.25, 0.3) is 0 Å². The first-order valence-electron chi connectivity index (χ1n) is 7.61. The van der Waals surface area contributed by atoms with Crippen LogP contribution in [0.15, 0.2) is 24.3 Å². The van der Waals surface area contributed by atoms with E-state index in [1.165, 1.54) is 5.56 Å². The quantitative estimate of drug-likeness (QED) is 0.751. The molecule has 3 nitrogen and oxygen atoms in total. The minimum absolute atomic E-state index is 0.504. The van der Waals surface area contributed by atoms with E-state index < -0.39 is 0 Å². The van der Waals surface area contributed by atoms with Gasteiger partial charge < -0.3 is 15.0 Å². The second-order valence-corrected chi connectivity index (χ2v) is 6.19. The van der Waals surface area contributed by atoms with Crippen LogP contribution < -0.4 is 10.1 Å². The van der Waals surface area contributed by atoms with E-state index in [0.29, 0.717) is 12.0 Å². The summed E-state index contributed by atoms with van der Waals surface area (Å²) in [7, 11) is 2.15. The van der Waals surface area contributed by atoms with E-state index in [1.54, 1.807) is 0 Å². The smallest absolute Gasteiger partial charge is 0.119 e. The zero-order valence-corrected chi connectivity index (χ0v) is 13.6. The Hall–Kier alpha value is -1.06. The van der Waals surface area contributed by atoms with Crippen LogP contribution in [0.25, 0.3) is 0 Å². The molecule has 0 radical (unpaired) electrons. The molecule has 1 rings (SSSR count). The van der Waals surface area contributed by atoms with E-state index in [0.717, 1.165) is 32.0 Å². The second-order valence-electron chi connectivity index (χ2n) is 6.19. The summed E-state index contributed by atoms with van der Waals surface area (Å²) < 4.78 is 5.84. The molecule has 114 valence electrons.